The van der Waals surface area contributed by atoms with Crippen molar-refractivity contribution in [2.24, 2.45) is 5.73 Å². The molecule has 0 heterocycles. The summed E-state index contributed by atoms with van der Waals surface area (Å²) in [5, 5.41) is 0.794. The fraction of sp³-hybridized carbons (Fsp3) is 0.333. The molecule has 1 atom stereocenters. The third-order valence-corrected chi connectivity index (χ3v) is 5.01. The van der Waals surface area contributed by atoms with Crippen LogP contribution in [0.15, 0.2) is 42.5 Å². The minimum Gasteiger partial charge on any atom is -0.323 e. The van der Waals surface area contributed by atoms with Crippen molar-refractivity contribution in [3.8, 4) is 0 Å². The molecule has 2 aromatic rings. The first kappa shape index (κ1) is 13.7. The Morgan fingerprint density at radius 1 is 1.05 bits per heavy atom. The molecule has 2 N–H and O–H groups in total. The van der Waals surface area contributed by atoms with Crippen LogP contribution in [0.4, 0.5) is 0 Å². The molecular weight excluding hydrogens is 266 g/mol. The maximum Gasteiger partial charge on any atom is 0.0456 e. The van der Waals surface area contributed by atoms with Crippen LogP contribution in [0, 0.1) is 13.8 Å². The zero-order valence-corrected chi connectivity index (χ0v) is 12.7. The zero-order chi connectivity index (χ0) is 14.3. The van der Waals surface area contributed by atoms with Gasteiger partial charge in [-0.3, -0.25) is 0 Å². The van der Waals surface area contributed by atoms with Gasteiger partial charge in [-0.2, -0.15) is 0 Å². The second-order valence-electron chi connectivity index (χ2n) is 5.96. The number of rotatable bonds is 3. The van der Waals surface area contributed by atoms with Gasteiger partial charge in [-0.15, -0.1) is 0 Å². The van der Waals surface area contributed by atoms with Crippen molar-refractivity contribution in [1.82, 2.24) is 0 Å². The van der Waals surface area contributed by atoms with Gasteiger partial charge < -0.3 is 5.73 Å². The molecule has 0 spiro atoms. The second kappa shape index (κ2) is 4.91. The average Bonchev–Trinajstić information content (AvgIpc) is 3.25. The van der Waals surface area contributed by atoms with Crippen LogP contribution in [0.5, 0.6) is 0 Å². The second-order valence-corrected chi connectivity index (χ2v) is 6.37. The van der Waals surface area contributed by atoms with Crippen molar-refractivity contribution in [1.29, 1.82) is 0 Å². The number of hydrogen-bond donors (Lipinski definition) is 1. The van der Waals surface area contributed by atoms with E-state index in [1.54, 1.807) is 0 Å². The van der Waals surface area contributed by atoms with Crippen molar-refractivity contribution in [2.45, 2.75) is 38.1 Å². The molecular formula is C18H20ClN. The van der Waals surface area contributed by atoms with Crippen LogP contribution in [0.2, 0.25) is 5.02 Å². The summed E-state index contributed by atoms with van der Waals surface area (Å²) in [5.74, 6) is 0. The summed E-state index contributed by atoms with van der Waals surface area (Å²) in [6.07, 6.45) is 2.28. The highest BCUT2D eigenvalue weighted by atomic mass is 35.5. The molecule has 20 heavy (non-hydrogen) atoms. The van der Waals surface area contributed by atoms with Crippen LogP contribution in [0.1, 0.15) is 41.1 Å². The van der Waals surface area contributed by atoms with Gasteiger partial charge in [0.2, 0.25) is 0 Å². The van der Waals surface area contributed by atoms with Crippen LogP contribution < -0.4 is 5.73 Å². The Morgan fingerprint density at radius 2 is 1.65 bits per heavy atom. The number of nitrogens with two attached hydrogens (primary N) is 1. The third kappa shape index (κ3) is 2.15. The molecule has 0 bridgehead atoms. The van der Waals surface area contributed by atoms with Gasteiger partial charge in [0.1, 0.15) is 0 Å². The van der Waals surface area contributed by atoms with Gasteiger partial charge in [0.15, 0.2) is 0 Å². The van der Waals surface area contributed by atoms with Gasteiger partial charge in [-0.05, 0) is 55.0 Å². The number of aryl methyl sites for hydroxylation is 2. The molecule has 0 saturated heterocycles. The van der Waals surface area contributed by atoms with E-state index in [9.17, 15) is 0 Å². The largest absolute Gasteiger partial charge is 0.323 e. The molecule has 1 saturated carbocycles. The van der Waals surface area contributed by atoms with Crippen LogP contribution in [0.25, 0.3) is 0 Å². The van der Waals surface area contributed by atoms with E-state index < -0.39 is 0 Å². The Bertz CT molecular complexity index is 629. The number of hydrogen-bond acceptors (Lipinski definition) is 1. The molecule has 0 amide bonds. The zero-order valence-electron chi connectivity index (χ0n) is 12.0. The lowest BCUT2D eigenvalue weighted by molar-refractivity contribution is 0.541. The summed E-state index contributed by atoms with van der Waals surface area (Å²) >= 11 is 6.44. The molecule has 0 radical (unpaired) electrons. The number of halogens is 1. The van der Waals surface area contributed by atoms with Crippen molar-refractivity contribution in [3.05, 3.63) is 69.7 Å². The fourth-order valence-electron chi connectivity index (χ4n) is 3.02. The van der Waals surface area contributed by atoms with Gasteiger partial charge >= 0.3 is 0 Å². The Balaban J connectivity index is 2.01. The number of benzene rings is 2. The van der Waals surface area contributed by atoms with E-state index >= 15 is 0 Å². The monoisotopic (exact) mass is 285 g/mol. The van der Waals surface area contributed by atoms with E-state index in [0.717, 1.165) is 23.4 Å². The van der Waals surface area contributed by atoms with Crippen molar-refractivity contribution < 1.29 is 0 Å². The average molecular weight is 286 g/mol. The minimum atomic E-state index is -0.0308. The lowest BCUT2D eigenvalue weighted by Gasteiger charge is -2.26. The SMILES string of the molecule is Cc1cc(Cl)c(C(N)C2(c3ccccc3)CC2)cc1C. The smallest absolute Gasteiger partial charge is 0.0456 e. The van der Waals surface area contributed by atoms with Gasteiger partial charge in [-0.1, -0.05) is 48.0 Å². The summed E-state index contributed by atoms with van der Waals surface area (Å²) in [6.45, 7) is 4.20. The lowest BCUT2D eigenvalue weighted by atomic mass is 9.83. The van der Waals surface area contributed by atoms with E-state index in [0.29, 0.717) is 0 Å². The molecule has 0 aromatic heterocycles. The summed E-state index contributed by atoms with van der Waals surface area (Å²) in [7, 11) is 0. The molecule has 2 aromatic carbocycles. The minimum absolute atomic E-state index is 0.0308. The molecule has 1 unspecified atom stereocenters. The normalized spacial score (nSPS) is 17.8. The van der Waals surface area contributed by atoms with Crippen molar-refractivity contribution >= 4 is 11.6 Å². The maximum absolute atomic E-state index is 6.60. The quantitative estimate of drug-likeness (QED) is 0.870. The van der Waals surface area contributed by atoms with Gasteiger partial charge in [-0.25, -0.2) is 0 Å². The van der Waals surface area contributed by atoms with Crippen molar-refractivity contribution in [2.75, 3.05) is 0 Å². The van der Waals surface area contributed by atoms with E-state index in [-0.39, 0.29) is 11.5 Å². The first-order valence-electron chi connectivity index (χ1n) is 7.12. The lowest BCUT2D eigenvalue weighted by Crippen LogP contribution is -2.26. The van der Waals surface area contributed by atoms with E-state index in [2.05, 4.69) is 44.2 Å². The van der Waals surface area contributed by atoms with E-state index in [1.165, 1.54) is 16.7 Å². The third-order valence-electron chi connectivity index (χ3n) is 4.68. The van der Waals surface area contributed by atoms with Crippen LogP contribution in [-0.2, 0) is 5.41 Å². The first-order valence-corrected chi connectivity index (χ1v) is 7.50. The van der Waals surface area contributed by atoms with Gasteiger partial charge in [0, 0.05) is 16.5 Å². The Hall–Kier alpha value is -1.31. The van der Waals surface area contributed by atoms with E-state index in [4.69, 9.17) is 17.3 Å². The highest BCUT2D eigenvalue weighted by Crippen LogP contribution is 2.56. The molecule has 3 rings (SSSR count). The van der Waals surface area contributed by atoms with Gasteiger partial charge in [0.05, 0.1) is 0 Å². The van der Waals surface area contributed by atoms with Crippen LogP contribution >= 0.6 is 11.6 Å². The summed E-state index contributed by atoms with van der Waals surface area (Å²) in [4.78, 5) is 0. The van der Waals surface area contributed by atoms with Crippen LogP contribution in [0.3, 0.4) is 0 Å². The predicted octanol–water partition coefficient (Wildman–Crippen LogP) is 4.69. The Labute approximate surface area is 125 Å². The van der Waals surface area contributed by atoms with Gasteiger partial charge in [0.25, 0.3) is 0 Å². The standard InChI is InChI=1S/C18H20ClN/c1-12-10-15(16(19)11-13(12)2)17(20)18(8-9-18)14-6-4-3-5-7-14/h3-7,10-11,17H,8-9,20H2,1-2H3. The molecule has 2 heteroatoms. The topological polar surface area (TPSA) is 26.0 Å². The predicted molar refractivity (Wildman–Crippen MR) is 85.2 cm³/mol. The fourth-order valence-corrected chi connectivity index (χ4v) is 3.36. The Kier molecular flexibility index (Phi) is 3.35. The van der Waals surface area contributed by atoms with Crippen LogP contribution in [-0.4, -0.2) is 0 Å². The summed E-state index contributed by atoms with van der Waals surface area (Å²) in [5.41, 5.74) is 11.6. The Morgan fingerprint density at radius 3 is 2.25 bits per heavy atom. The molecule has 0 aliphatic heterocycles. The molecule has 1 aliphatic carbocycles. The summed E-state index contributed by atoms with van der Waals surface area (Å²) < 4.78 is 0. The highest BCUT2D eigenvalue weighted by molar-refractivity contribution is 6.31. The first-order chi connectivity index (χ1) is 9.54. The summed E-state index contributed by atoms with van der Waals surface area (Å²) in [6, 6.07) is 14.8. The maximum atomic E-state index is 6.60. The molecule has 1 nitrogen and oxygen atoms in total. The van der Waals surface area contributed by atoms with E-state index in [1.807, 2.05) is 12.1 Å². The molecule has 1 aliphatic rings. The molecule has 1 fully saturated rings. The highest BCUT2D eigenvalue weighted by Gasteiger charge is 2.50. The van der Waals surface area contributed by atoms with Crippen molar-refractivity contribution in [3.63, 3.8) is 0 Å². The molecule has 104 valence electrons.